The molecule has 8 heteroatoms. The maximum Gasteiger partial charge on any atom is 0.320 e. The second kappa shape index (κ2) is 5.72. The highest BCUT2D eigenvalue weighted by Gasteiger charge is 2.11. The number of aryl methyl sites for hydroxylation is 3. The van der Waals surface area contributed by atoms with Gasteiger partial charge in [-0.2, -0.15) is 5.10 Å². The first kappa shape index (κ1) is 14.0. The van der Waals surface area contributed by atoms with Crippen LogP contribution in [0.25, 0.3) is 0 Å². The van der Waals surface area contributed by atoms with E-state index >= 15 is 0 Å². The standard InChI is InChI=1S/C12H19N7O/c1-8-5-9(2)19(16-8)10(3)6-13-12(20)14-11-7-18(4)17-15-11/h5,7,10H,6H2,1-4H3,(H2,13,14,20). The van der Waals surface area contributed by atoms with Crippen molar-refractivity contribution in [3.63, 3.8) is 0 Å². The van der Waals surface area contributed by atoms with Gasteiger partial charge in [-0.25, -0.2) is 4.79 Å². The molecular formula is C12H19N7O. The fraction of sp³-hybridized carbons (Fsp3) is 0.500. The van der Waals surface area contributed by atoms with Gasteiger partial charge in [-0.3, -0.25) is 14.7 Å². The SMILES string of the molecule is Cc1cc(C)n(C(C)CNC(=O)Nc2cn(C)nn2)n1. The second-order valence-corrected chi connectivity index (χ2v) is 4.83. The zero-order valence-corrected chi connectivity index (χ0v) is 12.1. The molecule has 0 spiro atoms. The largest absolute Gasteiger partial charge is 0.336 e. The molecule has 0 radical (unpaired) electrons. The Bertz CT molecular complexity index is 601. The summed E-state index contributed by atoms with van der Waals surface area (Å²) in [4.78, 5) is 11.7. The highest BCUT2D eigenvalue weighted by Crippen LogP contribution is 2.09. The van der Waals surface area contributed by atoms with E-state index in [0.717, 1.165) is 11.4 Å². The number of rotatable bonds is 4. The highest BCUT2D eigenvalue weighted by molar-refractivity contribution is 5.87. The molecule has 2 aromatic heterocycles. The first-order valence-corrected chi connectivity index (χ1v) is 6.39. The Morgan fingerprint density at radius 2 is 2.20 bits per heavy atom. The molecule has 8 nitrogen and oxygen atoms in total. The van der Waals surface area contributed by atoms with Crippen LogP contribution < -0.4 is 10.6 Å². The first-order chi connectivity index (χ1) is 9.45. The second-order valence-electron chi connectivity index (χ2n) is 4.83. The fourth-order valence-electron chi connectivity index (χ4n) is 1.98. The maximum atomic E-state index is 11.7. The topological polar surface area (TPSA) is 89.7 Å². The number of carbonyl (C=O) groups is 1. The van der Waals surface area contributed by atoms with E-state index in [0.29, 0.717) is 12.4 Å². The van der Waals surface area contributed by atoms with Crippen molar-refractivity contribution in [1.82, 2.24) is 30.1 Å². The molecule has 0 saturated carbocycles. The van der Waals surface area contributed by atoms with Gasteiger partial charge in [0.1, 0.15) is 0 Å². The first-order valence-electron chi connectivity index (χ1n) is 6.39. The molecule has 0 aromatic carbocycles. The van der Waals surface area contributed by atoms with E-state index in [1.807, 2.05) is 31.5 Å². The van der Waals surface area contributed by atoms with Crippen molar-refractivity contribution in [2.75, 3.05) is 11.9 Å². The number of carbonyl (C=O) groups excluding carboxylic acids is 1. The van der Waals surface area contributed by atoms with Gasteiger partial charge < -0.3 is 5.32 Å². The summed E-state index contributed by atoms with van der Waals surface area (Å²) >= 11 is 0. The van der Waals surface area contributed by atoms with Crippen LogP contribution in [-0.4, -0.2) is 37.4 Å². The summed E-state index contributed by atoms with van der Waals surface area (Å²) in [7, 11) is 1.74. The van der Waals surface area contributed by atoms with E-state index in [1.54, 1.807) is 13.2 Å². The van der Waals surface area contributed by atoms with E-state index in [-0.39, 0.29) is 12.1 Å². The number of hydrogen-bond acceptors (Lipinski definition) is 4. The number of nitrogens with one attached hydrogen (secondary N) is 2. The van der Waals surface area contributed by atoms with Crippen LogP contribution in [0.15, 0.2) is 12.3 Å². The lowest BCUT2D eigenvalue weighted by Gasteiger charge is -2.15. The molecule has 2 N–H and O–H groups in total. The maximum absolute atomic E-state index is 11.7. The Balaban J connectivity index is 1.85. The van der Waals surface area contributed by atoms with Crippen molar-refractivity contribution >= 4 is 11.8 Å². The lowest BCUT2D eigenvalue weighted by Crippen LogP contribution is -2.33. The van der Waals surface area contributed by atoms with E-state index in [4.69, 9.17) is 0 Å². The molecule has 1 atom stereocenters. The zero-order chi connectivity index (χ0) is 14.7. The van der Waals surface area contributed by atoms with Gasteiger partial charge >= 0.3 is 6.03 Å². The van der Waals surface area contributed by atoms with Gasteiger partial charge in [0.25, 0.3) is 0 Å². The van der Waals surface area contributed by atoms with Crippen LogP contribution in [0.2, 0.25) is 0 Å². The van der Waals surface area contributed by atoms with E-state index < -0.39 is 0 Å². The summed E-state index contributed by atoms with van der Waals surface area (Å²) in [6.45, 7) is 6.43. The van der Waals surface area contributed by atoms with Crippen LogP contribution in [0.1, 0.15) is 24.4 Å². The van der Waals surface area contributed by atoms with Crippen LogP contribution in [0.5, 0.6) is 0 Å². The minimum absolute atomic E-state index is 0.0799. The third kappa shape index (κ3) is 3.34. The van der Waals surface area contributed by atoms with Gasteiger partial charge in [-0.15, -0.1) is 5.10 Å². The molecular weight excluding hydrogens is 258 g/mol. The Morgan fingerprint density at radius 1 is 1.45 bits per heavy atom. The number of nitrogens with zero attached hydrogens (tertiary/aromatic N) is 5. The summed E-state index contributed by atoms with van der Waals surface area (Å²) in [6, 6.07) is 1.78. The summed E-state index contributed by atoms with van der Waals surface area (Å²) in [5.41, 5.74) is 2.05. The van der Waals surface area contributed by atoms with Crippen molar-refractivity contribution in [2.24, 2.45) is 7.05 Å². The van der Waals surface area contributed by atoms with Gasteiger partial charge in [0.05, 0.1) is 17.9 Å². The summed E-state index contributed by atoms with van der Waals surface area (Å²) in [5.74, 6) is 0.420. The Hall–Kier alpha value is -2.38. The lowest BCUT2D eigenvalue weighted by molar-refractivity contribution is 0.250. The molecule has 0 bridgehead atoms. The predicted molar refractivity (Wildman–Crippen MR) is 74.4 cm³/mol. The Morgan fingerprint density at radius 3 is 2.75 bits per heavy atom. The van der Waals surface area contributed by atoms with Crippen molar-refractivity contribution in [3.8, 4) is 0 Å². The van der Waals surface area contributed by atoms with Crippen LogP contribution in [0, 0.1) is 13.8 Å². The van der Waals surface area contributed by atoms with Crippen molar-refractivity contribution in [2.45, 2.75) is 26.8 Å². The number of anilines is 1. The molecule has 108 valence electrons. The average Bonchev–Trinajstić information content (AvgIpc) is 2.92. The van der Waals surface area contributed by atoms with Crippen LogP contribution >= 0.6 is 0 Å². The molecule has 0 aliphatic rings. The predicted octanol–water partition coefficient (Wildman–Crippen LogP) is 1.01. The minimum atomic E-state index is -0.307. The van der Waals surface area contributed by atoms with Gasteiger partial charge in [0.15, 0.2) is 5.82 Å². The van der Waals surface area contributed by atoms with Crippen LogP contribution in [-0.2, 0) is 7.05 Å². The van der Waals surface area contributed by atoms with Gasteiger partial charge in [0.2, 0.25) is 0 Å². The molecule has 2 amide bonds. The summed E-state index contributed by atoms with van der Waals surface area (Å²) in [6.07, 6.45) is 1.63. The quantitative estimate of drug-likeness (QED) is 0.872. The van der Waals surface area contributed by atoms with E-state index in [2.05, 4.69) is 26.0 Å². The molecule has 2 rings (SSSR count). The van der Waals surface area contributed by atoms with Crippen molar-refractivity contribution in [1.29, 1.82) is 0 Å². The molecule has 2 heterocycles. The smallest absolute Gasteiger partial charge is 0.320 e. The fourth-order valence-corrected chi connectivity index (χ4v) is 1.98. The van der Waals surface area contributed by atoms with Gasteiger partial charge in [-0.1, -0.05) is 5.21 Å². The number of hydrogen-bond donors (Lipinski definition) is 2. The monoisotopic (exact) mass is 277 g/mol. The van der Waals surface area contributed by atoms with Crippen molar-refractivity contribution < 1.29 is 4.79 Å². The molecule has 1 unspecified atom stereocenters. The molecule has 0 aliphatic heterocycles. The highest BCUT2D eigenvalue weighted by atomic mass is 16.2. The summed E-state index contributed by atoms with van der Waals surface area (Å²) in [5, 5.41) is 17.3. The molecule has 0 fully saturated rings. The van der Waals surface area contributed by atoms with E-state index in [9.17, 15) is 4.79 Å². The summed E-state index contributed by atoms with van der Waals surface area (Å²) < 4.78 is 3.42. The molecule has 0 aliphatic carbocycles. The van der Waals surface area contributed by atoms with Gasteiger partial charge in [0, 0.05) is 19.3 Å². The van der Waals surface area contributed by atoms with Crippen LogP contribution in [0.3, 0.4) is 0 Å². The average molecular weight is 277 g/mol. The molecule has 2 aromatic rings. The normalized spacial score (nSPS) is 12.2. The zero-order valence-electron chi connectivity index (χ0n) is 12.1. The Kier molecular flexibility index (Phi) is 4.02. The Labute approximate surface area is 117 Å². The van der Waals surface area contributed by atoms with Crippen LogP contribution in [0.4, 0.5) is 10.6 Å². The molecule has 20 heavy (non-hydrogen) atoms. The number of amides is 2. The van der Waals surface area contributed by atoms with Crippen molar-refractivity contribution in [3.05, 3.63) is 23.7 Å². The number of aromatic nitrogens is 5. The molecule has 0 saturated heterocycles. The lowest BCUT2D eigenvalue weighted by atomic mass is 10.3. The minimum Gasteiger partial charge on any atom is -0.336 e. The third-order valence-corrected chi connectivity index (χ3v) is 2.86. The van der Waals surface area contributed by atoms with Gasteiger partial charge in [-0.05, 0) is 26.8 Å². The third-order valence-electron chi connectivity index (χ3n) is 2.86. The number of urea groups is 1. The van der Waals surface area contributed by atoms with E-state index in [1.165, 1.54) is 4.68 Å².